The first-order valence-corrected chi connectivity index (χ1v) is 7.27. The van der Waals surface area contributed by atoms with Crippen molar-refractivity contribution in [1.82, 2.24) is 10.3 Å². The Kier molecular flexibility index (Phi) is 3.10. The van der Waals surface area contributed by atoms with Crippen molar-refractivity contribution in [3.63, 3.8) is 0 Å². The van der Waals surface area contributed by atoms with Crippen molar-refractivity contribution < 1.29 is 9.59 Å². The SMILES string of the molecule is C[C@H]1c2ccsc2CCN1C(=O)C1=NNC(=O)CC1. The Morgan fingerprint density at radius 3 is 3.05 bits per heavy atom. The molecule has 0 spiro atoms. The van der Waals surface area contributed by atoms with Gasteiger partial charge in [0.25, 0.3) is 5.91 Å². The maximum absolute atomic E-state index is 12.4. The van der Waals surface area contributed by atoms with E-state index in [1.807, 2.05) is 11.8 Å². The van der Waals surface area contributed by atoms with Gasteiger partial charge >= 0.3 is 0 Å². The first kappa shape index (κ1) is 12.3. The Hall–Kier alpha value is -1.69. The molecule has 0 saturated carbocycles. The molecule has 0 aromatic carbocycles. The molecule has 1 atom stereocenters. The summed E-state index contributed by atoms with van der Waals surface area (Å²) in [5.41, 5.74) is 4.09. The van der Waals surface area contributed by atoms with E-state index in [0.717, 1.165) is 13.0 Å². The van der Waals surface area contributed by atoms with E-state index in [-0.39, 0.29) is 17.9 Å². The van der Waals surface area contributed by atoms with Gasteiger partial charge in [0.1, 0.15) is 5.71 Å². The van der Waals surface area contributed by atoms with Crippen LogP contribution in [0.2, 0.25) is 0 Å². The number of amides is 2. The second kappa shape index (κ2) is 4.77. The van der Waals surface area contributed by atoms with Crippen LogP contribution in [0.25, 0.3) is 0 Å². The molecular weight excluding hydrogens is 262 g/mol. The third-order valence-corrected chi connectivity index (χ3v) is 4.69. The average Bonchev–Trinajstić information content (AvgIpc) is 2.88. The molecule has 2 aliphatic rings. The van der Waals surface area contributed by atoms with Crippen LogP contribution in [-0.4, -0.2) is 29.0 Å². The Labute approximate surface area is 115 Å². The predicted molar refractivity (Wildman–Crippen MR) is 73.0 cm³/mol. The summed E-state index contributed by atoms with van der Waals surface area (Å²) in [6.07, 6.45) is 1.68. The van der Waals surface area contributed by atoms with Gasteiger partial charge in [-0.1, -0.05) is 0 Å². The van der Waals surface area contributed by atoms with Crippen LogP contribution in [0.5, 0.6) is 0 Å². The van der Waals surface area contributed by atoms with Crippen LogP contribution in [0.15, 0.2) is 16.5 Å². The van der Waals surface area contributed by atoms with Crippen molar-refractivity contribution in [3.05, 3.63) is 21.9 Å². The zero-order valence-corrected chi connectivity index (χ0v) is 11.5. The lowest BCUT2D eigenvalue weighted by atomic mass is 10.00. The van der Waals surface area contributed by atoms with E-state index in [1.165, 1.54) is 10.4 Å². The lowest BCUT2D eigenvalue weighted by Crippen LogP contribution is -2.44. The van der Waals surface area contributed by atoms with Crippen molar-refractivity contribution in [2.45, 2.75) is 32.2 Å². The van der Waals surface area contributed by atoms with Crippen LogP contribution in [0.3, 0.4) is 0 Å². The maximum atomic E-state index is 12.4. The normalized spacial score (nSPS) is 22.6. The highest BCUT2D eigenvalue weighted by Gasteiger charge is 2.31. The Bertz CT molecular complexity index is 564. The molecule has 2 aliphatic heterocycles. The molecule has 19 heavy (non-hydrogen) atoms. The van der Waals surface area contributed by atoms with E-state index < -0.39 is 0 Å². The average molecular weight is 277 g/mol. The van der Waals surface area contributed by atoms with Crippen LogP contribution < -0.4 is 5.43 Å². The molecule has 1 aromatic heterocycles. The van der Waals surface area contributed by atoms with Crippen molar-refractivity contribution in [3.8, 4) is 0 Å². The molecule has 0 saturated heterocycles. The molecule has 100 valence electrons. The molecule has 1 aromatic rings. The molecule has 3 rings (SSSR count). The largest absolute Gasteiger partial charge is 0.330 e. The minimum Gasteiger partial charge on any atom is -0.330 e. The summed E-state index contributed by atoms with van der Waals surface area (Å²) < 4.78 is 0. The van der Waals surface area contributed by atoms with Crippen molar-refractivity contribution in [1.29, 1.82) is 0 Å². The van der Waals surface area contributed by atoms with Crippen molar-refractivity contribution >= 4 is 28.9 Å². The monoisotopic (exact) mass is 277 g/mol. The molecule has 0 unspecified atom stereocenters. The van der Waals surface area contributed by atoms with E-state index >= 15 is 0 Å². The van der Waals surface area contributed by atoms with E-state index in [0.29, 0.717) is 18.6 Å². The molecule has 1 N–H and O–H groups in total. The van der Waals surface area contributed by atoms with Gasteiger partial charge in [-0.25, -0.2) is 5.43 Å². The molecule has 0 aliphatic carbocycles. The molecule has 0 radical (unpaired) electrons. The summed E-state index contributed by atoms with van der Waals surface area (Å²) in [5.74, 6) is -0.173. The molecule has 2 amide bonds. The number of hydrazone groups is 1. The van der Waals surface area contributed by atoms with Crippen molar-refractivity contribution in [2.24, 2.45) is 5.10 Å². The topological polar surface area (TPSA) is 61.8 Å². The van der Waals surface area contributed by atoms with Crippen LogP contribution in [-0.2, 0) is 16.0 Å². The van der Waals surface area contributed by atoms with E-state index in [9.17, 15) is 9.59 Å². The van der Waals surface area contributed by atoms with Crippen LogP contribution >= 0.6 is 11.3 Å². The zero-order valence-electron chi connectivity index (χ0n) is 10.7. The summed E-state index contributed by atoms with van der Waals surface area (Å²) in [6.45, 7) is 2.77. The fraction of sp³-hybridized carbons (Fsp3) is 0.462. The second-order valence-electron chi connectivity index (χ2n) is 4.82. The van der Waals surface area contributed by atoms with E-state index in [4.69, 9.17) is 0 Å². The van der Waals surface area contributed by atoms with Gasteiger partial charge in [0.2, 0.25) is 5.91 Å². The van der Waals surface area contributed by atoms with Gasteiger partial charge in [0.05, 0.1) is 6.04 Å². The van der Waals surface area contributed by atoms with Crippen LogP contribution in [0.4, 0.5) is 0 Å². The van der Waals surface area contributed by atoms with Gasteiger partial charge in [0, 0.05) is 24.3 Å². The number of hydrogen-bond donors (Lipinski definition) is 1. The molecular formula is C13H15N3O2S. The van der Waals surface area contributed by atoms with Gasteiger partial charge in [-0.15, -0.1) is 11.3 Å². The molecule has 3 heterocycles. The van der Waals surface area contributed by atoms with E-state index in [1.54, 1.807) is 11.3 Å². The smallest absolute Gasteiger partial charge is 0.270 e. The Morgan fingerprint density at radius 2 is 2.32 bits per heavy atom. The molecule has 0 fully saturated rings. The molecule has 5 nitrogen and oxygen atoms in total. The summed E-state index contributed by atoms with van der Waals surface area (Å²) in [6, 6.07) is 2.18. The summed E-state index contributed by atoms with van der Waals surface area (Å²) in [7, 11) is 0. The van der Waals surface area contributed by atoms with Gasteiger partial charge < -0.3 is 4.90 Å². The Morgan fingerprint density at radius 1 is 1.47 bits per heavy atom. The number of carbonyl (C=O) groups excluding carboxylic acids is 2. The second-order valence-corrected chi connectivity index (χ2v) is 5.82. The highest BCUT2D eigenvalue weighted by Crippen LogP contribution is 2.33. The predicted octanol–water partition coefficient (Wildman–Crippen LogP) is 1.46. The third-order valence-electron chi connectivity index (χ3n) is 3.69. The zero-order chi connectivity index (χ0) is 13.4. The fourth-order valence-electron chi connectivity index (χ4n) is 2.58. The maximum Gasteiger partial charge on any atom is 0.270 e. The van der Waals surface area contributed by atoms with Crippen LogP contribution in [0.1, 0.15) is 36.2 Å². The number of hydrogen-bond acceptors (Lipinski definition) is 4. The summed E-state index contributed by atoms with van der Waals surface area (Å²) in [4.78, 5) is 26.7. The van der Waals surface area contributed by atoms with Gasteiger partial charge in [0.15, 0.2) is 0 Å². The molecule has 0 bridgehead atoms. The number of fused-ring (bicyclic) bond motifs is 1. The fourth-order valence-corrected chi connectivity index (χ4v) is 3.54. The lowest BCUT2D eigenvalue weighted by Gasteiger charge is -2.34. The lowest BCUT2D eigenvalue weighted by molar-refractivity contribution is -0.126. The van der Waals surface area contributed by atoms with E-state index in [2.05, 4.69) is 22.0 Å². The first-order valence-electron chi connectivity index (χ1n) is 6.39. The number of nitrogens with zero attached hydrogens (tertiary/aromatic N) is 2. The number of carbonyl (C=O) groups is 2. The van der Waals surface area contributed by atoms with Crippen LogP contribution in [0, 0.1) is 0 Å². The third kappa shape index (κ3) is 2.16. The Balaban J connectivity index is 1.80. The minimum absolute atomic E-state index is 0.0515. The molecule has 6 heteroatoms. The summed E-state index contributed by atoms with van der Waals surface area (Å²) >= 11 is 1.75. The number of nitrogens with one attached hydrogen (secondary N) is 1. The summed E-state index contributed by atoms with van der Waals surface area (Å²) in [5, 5.41) is 5.97. The number of thiophene rings is 1. The van der Waals surface area contributed by atoms with Crippen molar-refractivity contribution in [2.75, 3.05) is 6.54 Å². The highest BCUT2D eigenvalue weighted by atomic mass is 32.1. The standard InChI is InChI=1S/C13H15N3O2S/c1-8-9-5-7-19-11(9)4-6-16(8)13(18)10-2-3-12(17)15-14-10/h5,7-8H,2-4,6H2,1H3,(H,15,17)/t8-/m0/s1. The van der Waals surface area contributed by atoms with Gasteiger partial charge in [-0.2, -0.15) is 5.10 Å². The van der Waals surface area contributed by atoms with Gasteiger partial charge in [-0.05, 0) is 30.4 Å². The first-order chi connectivity index (χ1) is 9.16. The number of rotatable bonds is 1. The minimum atomic E-state index is -0.122. The highest BCUT2D eigenvalue weighted by molar-refractivity contribution is 7.10. The quantitative estimate of drug-likeness (QED) is 0.844. The van der Waals surface area contributed by atoms with Gasteiger partial charge in [-0.3, -0.25) is 9.59 Å².